The Morgan fingerprint density at radius 1 is 0.946 bits per heavy atom. The molecule has 0 bridgehead atoms. The SMILES string of the molecule is COc1ncc(-c2cc(C)nc(S(=O)(=O)CCC(OCc3ccccc3F)c3ccccc3)n2)cc1F. The van der Waals surface area contributed by atoms with Crippen LogP contribution in [0, 0.1) is 18.6 Å². The average Bonchev–Trinajstić information content (AvgIpc) is 2.89. The molecule has 0 saturated heterocycles. The number of aryl methyl sites for hydroxylation is 1. The molecule has 0 saturated carbocycles. The van der Waals surface area contributed by atoms with E-state index in [4.69, 9.17) is 9.47 Å². The lowest BCUT2D eigenvalue weighted by Gasteiger charge is -2.19. The first-order chi connectivity index (χ1) is 17.8. The summed E-state index contributed by atoms with van der Waals surface area (Å²) in [5, 5.41) is -0.375. The van der Waals surface area contributed by atoms with Gasteiger partial charge in [0.1, 0.15) is 5.82 Å². The molecule has 7 nitrogen and oxygen atoms in total. The van der Waals surface area contributed by atoms with Crippen molar-refractivity contribution in [1.29, 1.82) is 0 Å². The van der Waals surface area contributed by atoms with E-state index in [1.807, 2.05) is 30.3 Å². The Labute approximate surface area is 214 Å². The van der Waals surface area contributed by atoms with Crippen LogP contribution in [-0.4, -0.2) is 36.2 Å². The molecule has 37 heavy (non-hydrogen) atoms. The Morgan fingerprint density at radius 3 is 2.38 bits per heavy atom. The molecule has 0 fully saturated rings. The number of nitrogens with zero attached hydrogens (tertiary/aromatic N) is 3. The van der Waals surface area contributed by atoms with Crippen LogP contribution in [0.1, 0.15) is 29.3 Å². The van der Waals surface area contributed by atoms with Gasteiger partial charge in [0.2, 0.25) is 20.9 Å². The monoisotopic (exact) mass is 525 g/mol. The summed E-state index contributed by atoms with van der Waals surface area (Å²) in [7, 11) is -2.65. The Morgan fingerprint density at radius 2 is 1.68 bits per heavy atom. The largest absolute Gasteiger partial charge is 0.479 e. The molecule has 1 atom stereocenters. The van der Waals surface area contributed by atoms with Crippen LogP contribution in [-0.2, 0) is 21.2 Å². The maximum absolute atomic E-state index is 14.2. The Hall–Kier alpha value is -3.76. The second kappa shape index (κ2) is 11.5. The van der Waals surface area contributed by atoms with Gasteiger partial charge in [-0.25, -0.2) is 32.2 Å². The normalized spacial score (nSPS) is 12.3. The summed E-state index contributed by atoms with van der Waals surface area (Å²) in [6.45, 7) is 1.61. The summed E-state index contributed by atoms with van der Waals surface area (Å²) in [5.41, 5.74) is 2.04. The summed E-state index contributed by atoms with van der Waals surface area (Å²) in [4.78, 5) is 12.2. The van der Waals surface area contributed by atoms with E-state index in [-0.39, 0.29) is 41.1 Å². The summed E-state index contributed by atoms with van der Waals surface area (Å²) >= 11 is 0. The van der Waals surface area contributed by atoms with E-state index in [9.17, 15) is 17.2 Å². The standard InChI is InChI=1S/C27H25F2N3O4S/c1-18-14-24(21-15-23(29)26(35-2)30-16-21)32-27(31-18)37(33,34)13-12-25(19-8-4-3-5-9-19)36-17-20-10-6-7-11-22(20)28/h3-11,14-16,25H,12-13,17H2,1-2H3. The quantitative estimate of drug-likeness (QED) is 0.261. The molecule has 2 heterocycles. The molecule has 1 unspecified atom stereocenters. The predicted octanol–water partition coefficient (Wildman–Crippen LogP) is 5.26. The van der Waals surface area contributed by atoms with Gasteiger partial charge in [-0.05, 0) is 37.1 Å². The molecule has 0 spiro atoms. The van der Waals surface area contributed by atoms with Gasteiger partial charge in [0.15, 0.2) is 5.82 Å². The molecule has 0 aliphatic heterocycles. The lowest BCUT2D eigenvalue weighted by atomic mass is 10.1. The van der Waals surface area contributed by atoms with E-state index in [0.29, 0.717) is 11.3 Å². The Bertz CT molecular complexity index is 1480. The van der Waals surface area contributed by atoms with Crippen molar-refractivity contribution in [2.45, 2.75) is 31.2 Å². The summed E-state index contributed by atoms with van der Waals surface area (Å²) in [6, 6.07) is 18.1. The fourth-order valence-corrected chi connectivity index (χ4v) is 4.94. The second-order valence-electron chi connectivity index (χ2n) is 8.30. The van der Waals surface area contributed by atoms with Crippen molar-refractivity contribution >= 4 is 9.84 Å². The molecular weight excluding hydrogens is 500 g/mol. The second-order valence-corrected chi connectivity index (χ2v) is 10.3. The van der Waals surface area contributed by atoms with E-state index in [1.165, 1.54) is 25.4 Å². The van der Waals surface area contributed by atoms with Gasteiger partial charge < -0.3 is 9.47 Å². The number of methoxy groups -OCH3 is 1. The number of ether oxygens (including phenoxy) is 2. The first-order valence-electron chi connectivity index (χ1n) is 11.4. The number of hydrogen-bond donors (Lipinski definition) is 0. The van der Waals surface area contributed by atoms with Crippen molar-refractivity contribution in [3.63, 3.8) is 0 Å². The molecule has 0 radical (unpaired) electrons. The predicted molar refractivity (Wildman–Crippen MR) is 134 cm³/mol. The third-order valence-corrected chi connectivity index (χ3v) is 7.14. The number of sulfone groups is 1. The maximum Gasteiger partial charge on any atom is 0.250 e. The van der Waals surface area contributed by atoms with Crippen LogP contribution in [0.3, 0.4) is 0 Å². The van der Waals surface area contributed by atoms with Gasteiger partial charge in [-0.15, -0.1) is 0 Å². The van der Waals surface area contributed by atoms with E-state index >= 15 is 0 Å². The van der Waals surface area contributed by atoms with Crippen LogP contribution >= 0.6 is 0 Å². The minimum absolute atomic E-state index is 0.0204. The van der Waals surface area contributed by atoms with Crippen molar-refractivity contribution in [1.82, 2.24) is 15.0 Å². The van der Waals surface area contributed by atoms with E-state index in [2.05, 4.69) is 15.0 Å². The van der Waals surface area contributed by atoms with Crippen molar-refractivity contribution in [3.05, 3.63) is 101 Å². The van der Waals surface area contributed by atoms with E-state index in [0.717, 1.165) is 5.56 Å². The topological polar surface area (TPSA) is 91.3 Å². The highest BCUT2D eigenvalue weighted by Crippen LogP contribution is 2.27. The fourth-order valence-electron chi connectivity index (χ4n) is 3.72. The molecule has 2 aromatic carbocycles. The lowest BCUT2D eigenvalue weighted by Crippen LogP contribution is -2.16. The van der Waals surface area contributed by atoms with Gasteiger partial charge in [-0.3, -0.25) is 0 Å². The molecule has 2 aromatic heterocycles. The van der Waals surface area contributed by atoms with Gasteiger partial charge in [0, 0.05) is 23.0 Å². The van der Waals surface area contributed by atoms with Crippen molar-refractivity contribution in [3.8, 4) is 17.1 Å². The van der Waals surface area contributed by atoms with E-state index < -0.39 is 27.6 Å². The zero-order chi connectivity index (χ0) is 26.4. The van der Waals surface area contributed by atoms with Crippen LogP contribution in [0.4, 0.5) is 8.78 Å². The molecular formula is C27H25F2N3O4S. The summed E-state index contributed by atoms with van der Waals surface area (Å²) in [6.07, 6.45) is 0.827. The smallest absolute Gasteiger partial charge is 0.250 e. The van der Waals surface area contributed by atoms with Crippen LogP contribution in [0.15, 0.2) is 78.1 Å². The number of benzene rings is 2. The highest BCUT2D eigenvalue weighted by Gasteiger charge is 2.24. The maximum atomic E-state index is 14.2. The van der Waals surface area contributed by atoms with E-state index in [1.54, 1.807) is 31.2 Å². The number of pyridine rings is 1. The van der Waals surface area contributed by atoms with Crippen LogP contribution in [0.5, 0.6) is 5.88 Å². The first-order valence-corrected chi connectivity index (χ1v) is 13.1. The Balaban J connectivity index is 1.56. The molecule has 192 valence electrons. The van der Waals surface area contributed by atoms with Gasteiger partial charge in [0.25, 0.3) is 0 Å². The molecule has 0 N–H and O–H groups in total. The van der Waals surface area contributed by atoms with Gasteiger partial charge in [-0.2, -0.15) is 0 Å². The van der Waals surface area contributed by atoms with Crippen molar-refractivity contribution in [2.24, 2.45) is 0 Å². The van der Waals surface area contributed by atoms with Gasteiger partial charge in [-0.1, -0.05) is 48.5 Å². The third-order valence-electron chi connectivity index (χ3n) is 5.63. The summed E-state index contributed by atoms with van der Waals surface area (Å²) < 4.78 is 65.6. The molecule has 10 heteroatoms. The molecule has 0 aliphatic rings. The summed E-state index contributed by atoms with van der Waals surface area (Å²) in [5.74, 6) is -1.59. The Kier molecular flexibility index (Phi) is 8.20. The minimum atomic E-state index is -3.95. The number of aromatic nitrogens is 3. The molecule has 0 aliphatic carbocycles. The number of rotatable bonds is 10. The van der Waals surface area contributed by atoms with Crippen LogP contribution in [0.2, 0.25) is 0 Å². The average molecular weight is 526 g/mol. The zero-order valence-electron chi connectivity index (χ0n) is 20.3. The van der Waals surface area contributed by atoms with Crippen LogP contribution < -0.4 is 4.74 Å². The number of hydrogen-bond acceptors (Lipinski definition) is 7. The fraction of sp³-hybridized carbons (Fsp3) is 0.222. The van der Waals surface area contributed by atoms with Crippen molar-refractivity contribution < 1.29 is 26.7 Å². The highest BCUT2D eigenvalue weighted by atomic mass is 32.2. The third kappa shape index (κ3) is 6.52. The first kappa shape index (κ1) is 26.3. The van der Waals surface area contributed by atoms with Gasteiger partial charge in [0.05, 0.1) is 31.3 Å². The zero-order valence-corrected chi connectivity index (χ0v) is 21.1. The molecule has 4 aromatic rings. The number of halogens is 2. The molecule has 0 amide bonds. The van der Waals surface area contributed by atoms with Gasteiger partial charge >= 0.3 is 0 Å². The minimum Gasteiger partial charge on any atom is -0.479 e. The lowest BCUT2D eigenvalue weighted by molar-refractivity contribution is 0.0361. The van der Waals surface area contributed by atoms with Crippen LogP contribution in [0.25, 0.3) is 11.3 Å². The molecule has 4 rings (SSSR count). The highest BCUT2D eigenvalue weighted by molar-refractivity contribution is 7.91. The van der Waals surface area contributed by atoms with Crippen molar-refractivity contribution in [2.75, 3.05) is 12.9 Å².